The second-order valence-electron chi connectivity index (χ2n) is 2.24. The van der Waals surface area contributed by atoms with E-state index in [1.165, 1.54) is 0 Å². The first-order valence-electron chi connectivity index (χ1n) is 3.10. The number of hydrogen-bond donors (Lipinski definition) is 2. The van der Waals surface area contributed by atoms with Crippen LogP contribution in [-0.4, -0.2) is 23.4 Å². The van der Waals surface area contributed by atoms with E-state index in [0.717, 1.165) is 6.42 Å². The van der Waals surface area contributed by atoms with Gasteiger partial charge < -0.3 is 10.2 Å². The lowest BCUT2D eigenvalue weighted by atomic mass is 9.87. The quantitative estimate of drug-likeness (QED) is 0.546. The Kier molecular flexibility index (Phi) is 3.50. The summed E-state index contributed by atoms with van der Waals surface area (Å²) in [7, 11) is 0. The van der Waals surface area contributed by atoms with Gasteiger partial charge in [-0.2, -0.15) is 0 Å². The molecule has 0 bridgehead atoms. The van der Waals surface area contributed by atoms with Crippen molar-refractivity contribution >= 4 is 0 Å². The summed E-state index contributed by atoms with van der Waals surface area (Å²) in [4.78, 5) is 0. The van der Waals surface area contributed by atoms with Gasteiger partial charge in [-0.3, -0.25) is 0 Å². The summed E-state index contributed by atoms with van der Waals surface area (Å²) in [6.45, 7) is 5.39. The van der Waals surface area contributed by atoms with Crippen molar-refractivity contribution in [3.8, 4) is 0 Å². The minimum Gasteiger partial charge on any atom is -0.395 e. The maximum Gasteiger partial charge on any atom is 0.0543 e. The highest BCUT2D eigenvalue weighted by molar-refractivity contribution is 4.92. The molecule has 2 nitrogen and oxygen atoms in total. The zero-order valence-corrected chi connectivity index (χ0v) is 5.80. The molecule has 2 heteroatoms. The second-order valence-corrected chi connectivity index (χ2v) is 2.24. The first-order chi connectivity index (χ1) is 4.24. The molecule has 0 radical (unpaired) electrons. The Morgan fingerprint density at radius 1 is 1.44 bits per heavy atom. The van der Waals surface area contributed by atoms with Gasteiger partial charge in [-0.1, -0.05) is 13.0 Å². The van der Waals surface area contributed by atoms with Crippen LogP contribution in [0.15, 0.2) is 12.7 Å². The first-order valence-corrected chi connectivity index (χ1v) is 3.10. The monoisotopic (exact) mass is 130 g/mol. The summed E-state index contributed by atoms with van der Waals surface area (Å²) in [5, 5.41) is 17.5. The van der Waals surface area contributed by atoms with Crippen LogP contribution in [0, 0.1) is 5.41 Å². The summed E-state index contributed by atoms with van der Waals surface area (Å²) in [6, 6.07) is 0. The number of hydrogen-bond acceptors (Lipinski definition) is 2. The molecule has 0 atom stereocenters. The molecule has 0 unspecified atom stereocenters. The normalized spacial score (nSPS) is 11.4. The van der Waals surface area contributed by atoms with Crippen LogP contribution in [0.1, 0.15) is 13.3 Å². The summed E-state index contributed by atoms with van der Waals surface area (Å²) < 4.78 is 0. The maximum atomic E-state index is 8.75. The Bertz CT molecular complexity index is 76.7. The lowest BCUT2D eigenvalue weighted by Gasteiger charge is -2.22. The van der Waals surface area contributed by atoms with Crippen molar-refractivity contribution in [3.63, 3.8) is 0 Å². The van der Waals surface area contributed by atoms with Crippen molar-refractivity contribution in [2.24, 2.45) is 5.41 Å². The van der Waals surface area contributed by atoms with Crippen LogP contribution in [0.3, 0.4) is 0 Å². The summed E-state index contributed by atoms with van der Waals surface area (Å²) in [5.41, 5.74) is -0.458. The minimum atomic E-state index is -0.458. The first kappa shape index (κ1) is 8.66. The van der Waals surface area contributed by atoms with Crippen molar-refractivity contribution in [2.45, 2.75) is 13.3 Å². The summed E-state index contributed by atoms with van der Waals surface area (Å²) in [5.74, 6) is 0. The van der Waals surface area contributed by atoms with Crippen LogP contribution >= 0.6 is 0 Å². The molecule has 54 valence electrons. The Morgan fingerprint density at radius 2 is 1.89 bits per heavy atom. The third-order valence-electron chi connectivity index (χ3n) is 1.77. The molecule has 0 aromatic rings. The Morgan fingerprint density at radius 3 is 1.89 bits per heavy atom. The van der Waals surface area contributed by atoms with Gasteiger partial charge in [0.05, 0.1) is 13.2 Å². The molecule has 0 rings (SSSR count). The lowest BCUT2D eigenvalue weighted by Crippen LogP contribution is -2.25. The smallest absolute Gasteiger partial charge is 0.0543 e. The largest absolute Gasteiger partial charge is 0.395 e. The minimum absolute atomic E-state index is 0.0243. The van der Waals surface area contributed by atoms with Gasteiger partial charge in [-0.25, -0.2) is 0 Å². The van der Waals surface area contributed by atoms with E-state index >= 15 is 0 Å². The van der Waals surface area contributed by atoms with E-state index in [-0.39, 0.29) is 13.2 Å². The van der Waals surface area contributed by atoms with E-state index in [2.05, 4.69) is 6.58 Å². The molecule has 0 aliphatic rings. The molecule has 0 saturated carbocycles. The van der Waals surface area contributed by atoms with Crippen molar-refractivity contribution in [1.29, 1.82) is 0 Å². The maximum absolute atomic E-state index is 8.75. The molecule has 0 fully saturated rings. The van der Waals surface area contributed by atoms with Gasteiger partial charge in [-0.15, -0.1) is 6.58 Å². The Labute approximate surface area is 55.8 Å². The van der Waals surface area contributed by atoms with E-state index in [0.29, 0.717) is 0 Å². The van der Waals surface area contributed by atoms with E-state index in [4.69, 9.17) is 10.2 Å². The van der Waals surface area contributed by atoms with E-state index < -0.39 is 5.41 Å². The van der Waals surface area contributed by atoms with Gasteiger partial charge in [0.2, 0.25) is 0 Å². The van der Waals surface area contributed by atoms with Gasteiger partial charge in [0, 0.05) is 5.41 Å². The molecule has 0 spiro atoms. The molecule has 0 heterocycles. The highest BCUT2D eigenvalue weighted by Gasteiger charge is 2.21. The van der Waals surface area contributed by atoms with Gasteiger partial charge in [0.1, 0.15) is 0 Å². The topological polar surface area (TPSA) is 40.5 Å². The fourth-order valence-electron chi connectivity index (χ4n) is 0.547. The zero-order valence-electron chi connectivity index (χ0n) is 5.80. The third-order valence-corrected chi connectivity index (χ3v) is 1.77. The molecular weight excluding hydrogens is 116 g/mol. The lowest BCUT2D eigenvalue weighted by molar-refractivity contribution is 0.0908. The molecule has 0 amide bonds. The summed E-state index contributed by atoms with van der Waals surface area (Å²) in [6.07, 6.45) is 2.33. The average molecular weight is 130 g/mol. The third kappa shape index (κ3) is 1.80. The van der Waals surface area contributed by atoms with Crippen LogP contribution in [0.4, 0.5) is 0 Å². The van der Waals surface area contributed by atoms with Gasteiger partial charge in [-0.05, 0) is 6.42 Å². The van der Waals surface area contributed by atoms with E-state index in [1.807, 2.05) is 6.92 Å². The highest BCUT2D eigenvalue weighted by atomic mass is 16.3. The second kappa shape index (κ2) is 3.64. The predicted molar refractivity (Wildman–Crippen MR) is 37.1 cm³/mol. The fraction of sp³-hybridized carbons (Fsp3) is 0.714. The predicted octanol–water partition coefficient (Wildman–Crippen LogP) is 0.553. The van der Waals surface area contributed by atoms with Crippen LogP contribution < -0.4 is 0 Å². The van der Waals surface area contributed by atoms with Crippen molar-refractivity contribution in [2.75, 3.05) is 13.2 Å². The van der Waals surface area contributed by atoms with Crippen molar-refractivity contribution in [1.82, 2.24) is 0 Å². The van der Waals surface area contributed by atoms with Gasteiger partial charge in [0.15, 0.2) is 0 Å². The van der Waals surface area contributed by atoms with Crippen LogP contribution in [-0.2, 0) is 0 Å². The Balaban J connectivity index is 3.98. The SMILES string of the molecule is C=CC(CC)(CO)CO. The zero-order chi connectivity index (χ0) is 7.33. The van der Waals surface area contributed by atoms with Crippen LogP contribution in [0.2, 0.25) is 0 Å². The van der Waals surface area contributed by atoms with E-state index in [1.54, 1.807) is 6.08 Å². The fourth-order valence-corrected chi connectivity index (χ4v) is 0.547. The van der Waals surface area contributed by atoms with Gasteiger partial charge in [0.25, 0.3) is 0 Å². The highest BCUT2D eigenvalue weighted by Crippen LogP contribution is 2.20. The number of rotatable bonds is 4. The molecular formula is C7H14O2. The number of aliphatic hydroxyl groups is 2. The van der Waals surface area contributed by atoms with Crippen molar-refractivity contribution in [3.05, 3.63) is 12.7 Å². The number of aliphatic hydroxyl groups excluding tert-OH is 2. The average Bonchev–Trinajstić information content (AvgIpc) is 1.95. The molecule has 0 aliphatic heterocycles. The van der Waals surface area contributed by atoms with E-state index in [9.17, 15) is 0 Å². The summed E-state index contributed by atoms with van der Waals surface area (Å²) >= 11 is 0. The molecule has 2 N–H and O–H groups in total. The van der Waals surface area contributed by atoms with Gasteiger partial charge >= 0.3 is 0 Å². The molecule has 0 aromatic heterocycles. The molecule has 0 saturated heterocycles. The van der Waals surface area contributed by atoms with Crippen LogP contribution in [0.25, 0.3) is 0 Å². The van der Waals surface area contributed by atoms with Crippen LogP contribution in [0.5, 0.6) is 0 Å². The standard InChI is InChI=1S/C7H14O2/c1-3-7(4-2,5-8)6-9/h3,8-9H,1,4-6H2,2H3. The molecule has 9 heavy (non-hydrogen) atoms. The molecule has 0 aromatic carbocycles. The Hall–Kier alpha value is -0.340. The molecule has 0 aliphatic carbocycles. The van der Waals surface area contributed by atoms with Crippen molar-refractivity contribution < 1.29 is 10.2 Å².